The summed E-state index contributed by atoms with van der Waals surface area (Å²) in [5.41, 5.74) is 2.67. The van der Waals surface area contributed by atoms with Gasteiger partial charge in [-0.1, -0.05) is 36.4 Å². The van der Waals surface area contributed by atoms with E-state index in [1.54, 1.807) is 6.92 Å². The van der Waals surface area contributed by atoms with Gasteiger partial charge in [-0.05, 0) is 34.7 Å². The van der Waals surface area contributed by atoms with Crippen LogP contribution in [0.15, 0.2) is 36.4 Å². The third-order valence-electron chi connectivity index (χ3n) is 3.48. The predicted octanol–water partition coefficient (Wildman–Crippen LogP) is 2.96. The molecule has 2 nitrogen and oxygen atoms in total. The summed E-state index contributed by atoms with van der Waals surface area (Å²) >= 11 is 0. The third kappa shape index (κ3) is 1.70. The third-order valence-corrected chi connectivity index (χ3v) is 3.48. The van der Waals surface area contributed by atoms with E-state index < -0.39 is 0 Å². The number of aryl methyl sites for hydroxylation is 1. The second-order valence-electron chi connectivity index (χ2n) is 4.65. The molecule has 1 aliphatic carbocycles. The predicted molar refractivity (Wildman–Crippen MR) is 68.8 cm³/mol. The van der Waals surface area contributed by atoms with Crippen molar-refractivity contribution in [2.24, 2.45) is 0 Å². The van der Waals surface area contributed by atoms with E-state index in [0.717, 1.165) is 12.8 Å². The van der Waals surface area contributed by atoms with Crippen molar-refractivity contribution in [3.8, 4) is 0 Å². The van der Waals surface area contributed by atoms with Gasteiger partial charge in [0, 0.05) is 6.92 Å². The Bertz CT molecular complexity index is 583. The highest BCUT2D eigenvalue weighted by atomic mass is 16.1. The first kappa shape index (κ1) is 10.3. The Morgan fingerprint density at radius 3 is 2.76 bits per heavy atom. The van der Waals surface area contributed by atoms with Gasteiger partial charge in [0.15, 0.2) is 0 Å². The van der Waals surface area contributed by atoms with Crippen LogP contribution in [-0.4, -0.2) is 5.91 Å². The van der Waals surface area contributed by atoms with Gasteiger partial charge in [0.25, 0.3) is 0 Å². The van der Waals surface area contributed by atoms with Gasteiger partial charge in [-0.3, -0.25) is 4.79 Å². The van der Waals surface area contributed by atoms with E-state index in [-0.39, 0.29) is 11.9 Å². The molecule has 0 aromatic heterocycles. The molecule has 0 radical (unpaired) electrons. The summed E-state index contributed by atoms with van der Waals surface area (Å²) in [4.78, 5) is 11.2. The smallest absolute Gasteiger partial charge is 0.217 e. The van der Waals surface area contributed by atoms with Crippen molar-refractivity contribution in [3.05, 3.63) is 47.5 Å². The van der Waals surface area contributed by atoms with Crippen molar-refractivity contribution < 1.29 is 4.79 Å². The molecular formula is C15H15NO. The van der Waals surface area contributed by atoms with Crippen LogP contribution >= 0.6 is 0 Å². The molecule has 1 amide bonds. The molecule has 0 bridgehead atoms. The van der Waals surface area contributed by atoms with Crippen molar-refractivity contribution in [1.29, 1.82) is 0 Å². The van der Waals surface area contributed by atoms with Gasteiger partial charge < -0.3 is 5.32 Å². The number of nitrogens with one attached hydrogen (secondary N) is 1. The summed E-state index contributed by atoms with van der Waals surface area (Å²) in [6.07, 6.45) is 2.04. The second-order valence-corrected chi connectivity index (χ2v) is 4.65. The van der Waals surface area contributed by atoms with Gasteiger partial charge >= 0.3 is 0 Å². The monoisotopic (exact) mass is 225 g/mol. The summed E-state index contributed by atoms with van der Waals surface area (Å²) in [6, 6.07) is 13.0. The van der Waals surface area contributed by atoms with Crippen LogP contribution in [0.2, 0.25) is 0 Å². The lowest BCUT2D eigenvalue weighted by Gasteiger charge is -2.26. The van der Waals surface area contributed by atoms with Crippen molar-refractivity contribution in [3.63, 3.8) is 0 Å². The largest absolute Gasteiger partial charge is 0.350 e. The molecule has 2 aromatic carbocycles. The molecule has 1 N–H and O–H groups in total. The maximum Gasteiger partial charge on any atom is 0.217 e. The summed E-state index contributed by atoms with van der Waals surface area (Å²) in [5.74, 6) is 0.0476. The fourth-order valence-corrected chi connectivity index (χ4v) is 2.80. The lowest BCUT2D eigenvalue weighted by atomic mass is 9.85. The highest BCUT2D eigenvalue weighted by Gasteiger charge is 2.21. The highest BCUT2D eigenvalue weighted by Crippen LogP contribution is 2.35. The maximum atomic E-state index is 11.2. The molecule has 2 aromatic rings. The van der Waals surface area contributed by atoms with Crippen molar-refractivity contribution in [2.45, 2.75) is 25.8 Å². The Balaban J connectivity index is 2.19. The molecule has 0 aliphatic heterocycles. The molecule has 1 aliphatic rings. The number of amides is 1. The van der Waals surface area contributed by atoms with E-state index in [9.17, 15) is 4.79 Å². The molecule has 17 heavy (non-hydrogen) atoms. The fraction of sp³-hybridized carbons (Fsp3) is 0.267. The first-order chi connectivity index (χ1) is 8.25. The van der Waals surface area contributed by atoms with Crippen LogP contribution in [0.5, 0.6) is 0 Å². The average Bonchev–Trinajstić information content (AvgIpc) is 2.33. The normalized spacial score (nSPS) is 18.1. The number of carbonyl (C=O) groups is 1. The summed E-state index contributed by atoms with van der Waals surface area (Å²) in [5, 5.41) is 5.65. The van der Waals surface area contributed by atoms with Crippen LogP contribution in [0.4, 0.5) is 0 Å². The van der Waals surface area contributed by atoms with E-state index >= 15 is 0 Å². The number of carbonyl (C=O) groups excluding carboxylic acids is 1. The van der Waals surface area contributed by atoms with Gasteiger partial charge in [-0.25, -0.2) is 0 Å². The summed E-state index contributed by atoms with van der Waals surface area (Å²) < 4.78 is 0. The summed E-state index contributed by atoms with van der Waals surface area (Å²) in [7, 11) is 0. The molecule has 2 heteroatoms. The van der Waals surface area contributed by atoms with Crippen LogP contribution in [0.25, 0.3) is 10.8 Å². The molecule has 0 heterocycles. The van der Waals surface area contributed by atoms with Gasteiger partial charge in [0.05, 0.1) is 6.04 Å². The highest BCUT2D eigenvalue weighted by molar-refractivity contribution is 5.90. The Morgan fingerprint density at radius 2 is 2.00 bits per heavy atom. The molecule has 0 saturated carbocycles. The molecular weight excluding hydrogens is 210 g/mol. The Hall–Kier alpha value is -1.83. The zero-order valence-corrected chi connectivity index (χ0v) is 9.86. The van der Waals surface area contributed by atoms with E-state index in [2.05, 4.69) is 41.7 Å². The zero-order chi connectivity index (χ0) is 11.8. The average molecular weight is 225 g/mol. The van der Waals surface area contributed by atoms with Gasteiger partial charge in [0.2, 0.25) is 5.91 Å². The maximum absolute atomic E-state index is 11.2. The Morgan fingerprint density at radius 1 is 1.24 bits per heavy atom. The second kappa shape index (κ2) is 3.88. The van der Waals surface area contributed by atoms with Gasteiger partial charge in [0.1, 0.15) is 0 Å². The lowest BCUT2D eigenvalue weighted by molar-refractivity contribution is -0.119. The first-order valence-corrected chi connectivity index (χ1v) is 6.03. The SMILES string of the molecule is CC(=O)NC1CCc2cccc3cccc1c23. The van der Waals surface area contributed by atoms with Crippen LogP contribution in [0.3, 0.4) is 0 Å². The minimum Gasteiger partial charge on any atom is -0.350 e. The molecule has 1 atom stereocenters. The van der Waals surface area contributed by atoms with Gasteiger partial charge in [-0.15, -0.1) is 0 Å². The standard InChI is InChI=1S/C15H15NO/c1-10(17)16-14-9-8-12-5-2-4-11-6-3-7-13(14)15(11)12/h2-7,14H,8-9H2,1H3,(H,16,17). The number of benzene rings is 2. The molecule has 0 saturated heterocycles. The molecule has 0 spiro atoms. The molecule has 1 unspecified atom stereocenters. The zero-order valence-electron chi connectivity index (χ0n) is 9.86. The van der Waals surface area contributed by atoms with Crippen LogP contribution in [0, 0.1) is 0 Å². The fourth-order valence-electron chi connectivity index (χ4n) is 2.80. The quantitative estimate of drug-likeness (QED) is 0.794. The Kier molecular flexibility index (Phi) is 2.36. The van der Waals surface area contributed by atoms with E-state index in [4.69, 9.17) is 0 Å². The van der Waals surface area contributed by atoms with Crippen LogP contribution < -0.4 is 5.32 Å². The minimum absolute atomic E-state index is 0.0476. The van der Waals surface area contributed by atoms with E-state index in [0.29, 0.717) is 0 Å². The van der Waals surface area contributed by atoms with Crippen molar-refractivity contribution in [1.82, 2.24) is 5.32 Å². The van der Waals surface area contributed by atoms with E-state index in [1.807, 2.05) is 0 Å². The molecule has 3 rings (SSSR count). The lowest BCUT2D eigenvalue weighted by Crippen LogP contribution is -2.28. The van der Waals surface area contributed by atoms with Crippen LogP contribution in [0.1, 0.15) is 30.5 Å². The van der Waals surface area contributed by atoms with Crippen molar-refractivity contribution >= 4 is 16.7 Å². The Labute approximate surface area is 101 Å². The molecule has 86 valence electrons. The number of rotatable bonds is 1. The summed E-state index contributed by atoms with van der Waals surface area (Å²) in [6.45, 7) is 1.58. The van der Waals surface area contributed by atoms with Crippen molar-refractivity contribution in [2.75, 3.05) is 0 Å². The first-order valence-electron chi connectivity index (χ1n) is 6.03. The number of hydrogen-bond donors (Lipinski definition) is 1. The van der Waals surface area contributed by atoms with Gasteiger partial charge in [-0.2, -0.15) is 0 Å². The van der Waals surface area contributed by atoms with E-state index in [1.165, 1.54) is 21.9 Å². The molecule has 0 fully saturated rings. The van der Waals surface area contributed by atoms with Crippen LogP contribution in [-0.2, 0) is 11.2 Å². The number of hydrogen-bond acceptors (Lipinski definition) is 1. The minimum atomic E-state index is 0.0476. The topological polar surface area (TPSA) is 29.1 Å².